The quantitative estimate of drug-likeness (QED) is 0.470. The number of halogens is 6. The van der Waals surface area contributed by atoms with Crippen molar-refractivity contribution in [2.45, 2.75) is 0 Å². The number of rotatable bonds is 1. The molecule has 10 heavy (non-hydrogen) atoms. The Morgan fingerprint density at radius 1 is 0.800 bits per heavy atom. The zero-order valence-corrected chi connectivity index (χ0v) is 5.85. The van der Waals surface area contributed by atoms with Crippen LogP contribution in [0, 0.1) is 0 Å². The molecular weight excluding hydrogens is 223 g/mol. The first-order valence-electron chi connectivity index (χ1n) is 1.88. The van der Waals surface area contributed by atoms with E-state index in [-0.39, 0.29) is 0 Å². The Morgan fingerprint density at radius 2 is 1.20 bits per heavy atom. The maximum absolute atomic E-state index is 11.7. The zero-order chi connectivity index (χ0) is 8.31. The first-order valence-corrected chi connectivity index (χ1v) is 2.68. The van der Waals surface area contributed by atoms with Crippen LogP contribution in [0.5, 0.6) is 0 Å². The molecule has 6 heteroatoms. The lowest BCUT2D eigenvalue weighted by molar-refractivity contribution is 0.375. The molecule has 0 aliphatic heterocycles. The molecule has 0 amide bonds. The Bertz CT molecular complexity index is 164. The Labute approximate surface area is 61.2 Å². The van der Waals surface area contributed by atoms with Gasteiger partial charge in [-0.2, -0.15) is 22.0 Å². The first kappa shape index (κ1) is 9.61. The van der Waals surface area contributed by atoms with Crippen LogP contribution in [0.25, 0.3) is 0 Å². The largest absolute Gasteiger partial charge is 0.307 e. The van der Waals surface area contributed by atoms with Crippen molar-refractivity contribution in [3.05, 3.63) is 22.5 Å². The van der Waals surface area contributed by atoms with Crippen molar-refractivity contribution in [2.24, 2.45) is 0 Å². The highest BCUT2D eigenvalue weighted by Crippen LogP contribution is 2.27. The molecule has 0 fully saturated rings. The molecule has 0 aliphatic rings. The summed E-state index contributed by atoms with van der Waals surface area (Å²) in [6, 6.07) is 0. The highest BCUT2D eigenvalue weighted by atomic mass is 79.9. The summed E-state index contributed by atoms with van der Waals surface area (Å²) in [4.78, 5) is 0. The average molecular weight is 223 g/mol. The molecule has 0 heterocycles. The predicted octanol–water partition coefficient (Wildman–Crippen LogP) is 3.57. The second-order valence-corrected chi connectivity index (χ2v) is 1.94. The fourth-order valence-electron chi connectivity index (χ4n) is 0.166. The molecule has 0 aliphatic carbocycles. The third-order valence-electron chi connectivity index (χ3n) is 0.525. The van der Waals surface area contributed by atoms with Gasteiger partial charge in [-0.3, -0.25) is 0 Å². The van der Waals surface area contributed by atoms with Crippen LogP contribution >= 0.6 is 15.9 Å². The lowest BCUT2D eigenvalue weighted by Gasteiger charge is -1.89. The monoisotopic (exact) mass is 222 g/mol. The molecule has 0 aromatic heterocycles. The van der Waals surface area contributed by atoms with Gasteiger partial charge in [-0.1, -0.05) is 0 Å². The van der Waals surface area contributed by atoms with Crippen LogP contribution in [-0.4, -0.2) is 0 Å². The van der Waals surface area contributed by atoms with E-state index in [1.54, 1.807) is 0 Å². The van der Waals surface area contributed by atoms with Gasteiger partial charge in [0.1, 0.15) is 4.48 Å². The lowest BCUT2D eigenvalue weighted by atomic mass is 10.5. The van der Waals surface area contributed by atoms with E-state index in [1.165, 1.54) is 0 Å². The Balaban J connectivity index is 4.71. The van der Waals surface area contributed by atoms with Crippen molar-refractivity contribution in [1.29, 1.82) is 0 Å². The van der Waals surface area contributed by atoms with Gasteiger partial charge in [-0.15, -0.1) is 0 Å². The number of allylic oxidation sites excluding steroid dienone is 2. The molecule has 0 unspecified atom stereocenters. The summed E-state index contributed by atoms with van der Waals surface area (Å²) in [6.07, 6.45) is -5.30. The van der Waals surface area contributed by atoms with Crippen molar-refractivity contribution in [3.8, 4) is 0 Å². The van der Waals surface area contributed by atoms with E-state index in [2.05, 4.69) is 0 Å². The average Bonchev–Trinajstić information content (AvgIpc) is 1.84. The SMILES string of the molecule is FC(F)=C(F)C(Br)=C(F)F. The van der Waals surface area contributed by atoms with Crippen LogP contribution in [0.1, 0.15) is 0 Å². The maximum Gasteiger partial charge on any atom is 0.307 e. The first-order chi connectivity index (χ1) is 4.46. The molecule has 0 aromatic rings. The Hall–Kier alpha value is -0.390. The third-order valence-corrected chi connectivity index (χ3v) is 1.17. The van der Waals surface area contributed by atoms with Gasteiger partial charge in [0, 0.05) is 0 Å². The van der Waals surface area contributed by atoms with Crippen molar-refractivity contribution in [2.75, 3.05) is 0 Å². The van der Waals surface area contributed by atoms with Crippen LogP contribution < -0.4 is 0 Å². The second kappa shape index (κ2) is 3.70. The summed E-state index contributed by atoms with van der Waals surface area (Å²) in [5.41, 5.74) is 0. The lowest BCUT2D eigenvalue weighted by Crippen LogP contribution is -1.76. The van der Waals surface area contributed by atoms with Crippen LogP contribution in [0.3, 0.4) is 0 Å². The van der Waals surface area contributed by atoms with Gasteiger partial charge >= 0.3 is 6.08 Å². The summed E-state index contributed by atoms with van der Waals surface area (Å²) in [6.45, 7) is 0. The smallest absolute Gasteiger partial charge is 0.200 e. The van der Waals surface area contributed by atoms with Crippen LogP contribution in [0.4, 0.5) is 22.0 Å². The standard InChI is InChI=1S/C4BrF5/c5-1(3(7)8)2(6)4(9)10. The van der Waals surface area contributed by atoms with Crippen LogP contribution in [0.2, 0.25) is 0 Å². The second-order valence-electron chi connectivity index (χ2n) is 1.15. The van der Waals surface area contributed by atoms with Gasteiger partial charge in [-0.25, -0.2) is 0 Å². The van der Waals surface area contributed by atoms with Gasteiger partial charge in [-0.05, 0) is 15.9 Å². The summed E-state index contributed by atoms with van der Waals surface area (Å²) >= 11 is 1.92. The number of hydrogen-bond acceptors (Lipinski definition) is 0. The van der Waals surface area contributed by atoms with Crippen LogP contribution in [0.15, 0.2) is 22.5 Å². The summed E-state index contributed by atoms with van der Waals surface area (Å²) < 4.78 is 55.0. The third kappa shape index (κ3) is 2.47. The Kier molecular flexibility index (Phi) is 3.55. The van der Waals surface area contributed by atoms with Crippen molar-refractivity contribution < 1.29 is 22.0 Å². The maximum atomic E-state index is 11.7. The fourth-order valence-corrected chi connectivity index (χ4v) is 0.316. The fraction of sp³-hybridized carbons (Fsp3) is 0. The van der Waals surface area contributed by atoms with E-state index in [9.17, 15) is 22.0 Å². The highest BCUT2D eigenvalue weighted by molar-refractivity contribution is 9.12. The molecule has 0 rings (SSSR count). The summed E-state index contributed by atoms with van der Waals surface area (Å²) in [5, 5.41) is 0. The van der Waals surface area contributed by atoms with Crippen molar-refractivity contribution in [3.63, 3.8) is 0 Å². The van der Waals surface area contributed by atoms with Gasteiger partial charge in [0.15, 0.2) is 0 Å². The van der Waals surface area contributed by atoms with E-state index < -0.39 is 22.5 Å². The molecule has 0 atom stereocenters. The molecule has 0 aromatic carbocycles. The van der Waals surface area contributed by atoms with Crippen molar-refractivity contribution in [1.82, 2.24) is 0 Å². The molecule has 0 saturated heterocycles. The Morgan fingerprint density at radius 3 is 1.30 bits per heavy atom. The minimum Gasteiger partial charge on any atom is -0.200 e. The minimum absolute atomic E-state index is 1.51. The minimum atomic E-state index is -2.78. The summed E-state index contributed by atoms with van der Waals surface area (Å²) in [7, 11) is 0. The molecule has 58 valence electrons. The van der Waals surface area contributed by atoms with E-state index in [0.29, 0.717) is 0 Å². The van der Waals surface area contributed by atoms with Gasteiger partial charge in [0.05, 0.1) is 0 Å². The van der Waals surface area contributed by atoms with Crippen molar-refractivity contribution >= 4 is 15.9 Å². The molecule has 0 spiro atoms. The molecule has 0 radical (unpaired) electrons. The molecule has 0 saturated carbocycles. The molecule has 0 bridgehead atoms. The summed E-state index contributed by atoms with van der Waals surface area (Å²) in [5.74, 6) is -2.24. The topological polar surface area (TPSA) is 0 Å². The van der Waals surface area contributed by atoms with Gasteiger partial charge in [0.2, 0.25) is 5.83 Å². The molecular formula is C4BrF5. The van der Waals surface area contributed by atoms with E-state index in [1.807, 2.05) is 15.9 Å². The highest BCUT2D eigenvalue weighted by Gasteiger charge is 2.13. The zero-order valence-electron chi connectivity index (χ0n) is 4.27. The number of hydrogen-bond donors (Lipinski definition) is 0. The molecule has 0 nitrogen and oxygen atoms in total. The van der Waals surface area contributed by atoms with E-state index in [0.717, 1.165) is 0 Å². The molecule has 0 N–H and O–H groups in total. The van der Waals surface area contributed by atoms with E-state index in [4.69, 9.17) is 0 Å². The normalized spacial score (nSPS) is 9.00. The predicted molar refractivity (Wildman–Crippen MR) is 28.5 cm³/mol. The van der Waals surface area contributed by atoms with Crippen LogP contribution in [-0.2, 0) is 0 Å². The van der Waals surface area contributed by atoms with Gasteiger partial charge < -0.3 is 0 Å². The van der Waals surface area contributed by atoms with Gasteiger partial charge in [0.25, 0.3) is 6.08 Å². The van der Waals surface area contributed by atoms with E-state index >= 15 is 0 Å².